The van der Waals surface area contributed by atoms with Crippen LogP contribution in [0.25, 0.3) is 5.52 Å². The van der Waals surface area contributed by atoms with Crippen LogP contribution < -0.4 is 5.56 Å². The maximum absolute atomic E-state index is 11.9. The minimum atomic E-state index is -0.875. The second kappa shape index (κ2) is 4.42. The number of carboxylic acid groups (broad SMARTS) is 1. The standard InChI is InChI=1S/C12H14N4O3/c17-11-10-9(3-6-16(10)14-7-13-11)8-1-4-15(5-2-8)12(18)19/h3,6-8H,1-2,4-5H2,(H,18,19)(H,13,14,17). The molecular formula is C12H14N4O3. The summed E-state index contributed by atoms with van der Waals surface area (Å²) in [5.41, 5.74) is 1.37. The second-order valence-electron chi connectivity index (χ2n) is 4.73. The lowest BCUT2D eigenvalue weighted by molar-refractivity contribution is 0.132. The van der Waals surface area contributed by atoms with Gasteiger partial charge < -0.3 is 15.0 Å². The Morgan fingerprint density at radius 2 is 2.16 bits per heavy atom. The highest BCUT2D eigenvalue weighted by atomic mass is 16.4. The first-order valence-electron chi connectivity index (χ1n) is 6.19. The third-order valence-corrected chi connectivity index (χ3v) is 3.70. The molecule has 1 amide bonds. The zero-order chi connectivity index (χ0) is 13.4. The number of likely N-dealkylation sites (tertiary alicyclic amines) is 1. The van der Waals surface area contributed by atoms with Gasteiger partial charge in [0.1, 0.15) is 11.8 Å². The summed E-state index contributed by atoms with van der Waals surface area (Å²) in [5, 5.41) is 13.0. The van der Waals surface area contributed by atoms with Crippen LogP contribution in [-0.4, -0.2) is 43.8 Å². The molecule has 3 rings (SSSR count). The maximum Gasteiger partial charge on any atom is 0.407 e. The van der Waals surface area contributed by atoms with Gasteiger partial charge in [-0.15, -0.1) is 0 Å². The smallest absolute Gasteiger partial charge is 0.407 e. The number of fused-ring (bicyclic) bond motifs is 1. The topological polar surface area (TPSA) is 90.7 Å². The van der Waals surface area contributed by atoms with Gasteiger partial charge in [-0.05, 0) is 30.4 Å². The fourth-order valence-electron chi connectivity index (χ4n) is 2.70. The van der Waals surface area contributed by atoms with E-state index in [4.69, 9.17) is 5.11 Å². The lowest BCUT2D eigenvalue weighted by atomic mass is 9.90. The molecule has 1 fully saturated rings. The minimum absolute atomic E-state index is 0.157. The highest BCUT2D eigenvalue weighted by Crippen LogP contribution is 2.30. The molecule has 0 aromatic carbocycles. The molecule has 100 valence electrons. The zero-order valence-corrected chi connectivity index (χ0v) is 10.2. The summed E-state index contributed by atoms with van der Waals surface area (Å²) < 4.78 is 1.57. The van der Waals surface area contributed by atoms with Gasteiger partial charge in [0.15, 0.2) is 0 Å². The SMILES string of the molecule is O=C(O)N1CCC(c2ccn3nc[nH]c(=O)c23)CC1. The largest absolute Gasteiger partial charge is 0.465 e. The predicted molar refractivity (Wildman–Crippen MR) is 67.4 cm³/mol. The molecule has 19 heavy (non-hydrogen) atoms. The number of aromatic nitrogens is 3. The van der Waals surface area contributed by atoms with Crippen LogP contribution in [0.1, 0.15) is 24.3 Å². The Hall–Kier alpha value is -2.31. The van der Waals surface area contributed by atoms with Gasteiger partial charge in [0.05, 0.1) is 0 Å². The zero-order valence-electron chi connectivity index (χ0n) is 10.2. The quantitative estimate of drug-likeness (QED) is 0.798. The number of nitrogens with zero attached hydrogens (tertiary/aromatic N) is 3. The Bertz CT molecular complexity index is 667. The summed E-state index contributed by atoms with van der Waals surface area (Å²) in [6.07, 6.45) is 3.73. The number of amides is 1. The molecule has 0 atom stereocenters. The van der Waals surface area contributed by atoms with Crippen molar-refractivity contribution < 1.29 is 9.90 Å². The van der Waals surface area contributed by atoms with Crippen LogP contribution >= 0.6 is 0 Å². The molecule has 0 radical (unpaired) electrons. The highest BCUT2D eigenvalue weighted by Gasteiger charge is 2.25. The number of hydrogen-bond donors (Lipinski definition) is 2. The van der Waals surface area contributed by atoms with Crippen molar-refractivity contribution in [1.82, 2.24) is 19.5 Å². The fourth-order valence-corrected chi connectivity index (χ4v) is 2.70. The summed E-state index contributed by atoms with van der Waals surface area (Å²) in [7, 11) is 0. The van der Waals surface area contributed by atoms with Crippen molar-refractivity contribution in [1.29, 1.82) is 0 Å². The molecule has 7 nitrogen and oxygen atoms in total. The Kier molecular flexibility index (Phi) is 2.73. The van der Waals surface area contributed by atoms with Crippen molar-refractivity contribution >= 4 is 11.6 Å². The van der Waals surface area contributed by atoms with Gasteiger partial charge in [-0.2, -0.15) is 5.10 Å². The molecule has 0 spiro atoms. The normalized spacial score (nSPS) is 16.9. The maximum atomic E-state index is 11.9. The van der Waals surface area contributed by atoms with Gasteiger partial charge in [-0.1, -0.05) is 0 Å². The van der Waals surface area contributed by atoms with E-state index in [0.717, 1.165) is 18.4 Å². The molecule has 0 aliphatic carbocycles. The van der Waals surface area contributed by atoms with Gasteiger partial charge >= 0.3 is 6.09 Å². The fraction of sp³-hybridized carbons (Fsp3) is 0.417. The highest BCUT2D eigenvalue weighted by molar-refractivity contribution is 5.65. The molecule has 1 aliphatic heterocycles. The van der Waals surface area contributed by atoms with Crippen molar-refractivity contribution in [3.8, 4) is 0 Å². The van der Waals surface area contributed by atoms with Crippen LogP contribution in [0.15, 0.2) is 23.4 Å². The van der Waals surface area contributed by atoms with Crippen molar-refractivity contribution in [2.45, 2.75) is 18.8 Å². The summed E-state index contributed by atoms with van der Waals surface area (Å²) in [6.45, 7) is 1.02. The molecule has 2 aromatic rings. The number of carbonyl (C=O) groups is 1. The van der Waals surface area contributed by atoms with Crippen LogP contribution in [0.3, 0.4) is 0 Å². The van der Waals surface area contributed by atoms with Crippen molar-refractivity contribution in [2.24, 2.45) is 0 Å². The predicted octanol–water partition coefficient (Wildman–Crippen LogP) is 0.880. The third-order valence-electron chi connectivity index (χ3n) is 3.70. The average molecular weight is 262 g/mol. The molecule has 0 unspecified atom stereocenters. The summed E-state index contributed by atoms with van der Waals surface area (Å²) in [6, 6.07) is 1.90. The van der Waals surface area contributed by atoms with E-state index in [1.807, 2.05) is 6.07 Å². The van der Waals surface area contributed by atoms with E-state index in [9.17, 15) is 9.59 Å². The molecule has 2 aromatic heterocycles. The molecular weight excluding hydrogens is 248 g/mol. The van der Waals surface area contributed by atoms with Gasteiger partial charge in [-0.3, -0.25) is 4.79 Å². The number of hydrogen-bond acceptors (Lipinski definition) is 3. The second-order valence-corrected chi connectivity index (χ2v) is 4.73. The van der Waals surface area contributed by atoms with Gasteiger partial charge in [0.2, 0.25) is 0 Å². The van der Waals surface area contributed by atoms with E-state index in [1.165, 1.54) is 11.2 Å². The molecule has 2 N–H and O–H groups in total. The van der Waals surface area contributed by atoms with E-state index in [0.29, 0.717) is 18.6 Å². The van der Waals surface area contributed by atoms with E-state index < -0.39 is 6.09 Å². The number of H-pyrrole nitrogens is 1. The lowest BCUT2D eigenvalue weighted by Gasteiger charge is -2.29. The Morgan fingerprint density at radius 3 is 2.84 bits per heavy atom. The molecule has 1 aliphatic rings. The lowest BCUT2D eigenvalue weighted by Crippen LogP contribution is -2.36. The van der Waals surface area contributed by atoms with Crippen LogP contribution in [-0.2, 0) is 0 Å². The molecule has 3 heterocycles. The third kappa shape index (κ3) is 1.96. The molecule has 7 heteroatoms. The molecule has 1 saturated heterocycles. The van der Waals surface area contributed by atoms with E-state index >= 15 is 0 Å². The van der Waals surface area contributed by atoms with Crippen LogP contribution in [0.5, 0.6) is 0 Å². The first-order valence-corrected chi connectivity index (χ1v) is 6.19. The number of rotatable bonds is 1. The first kappa shape index (κ1) is 11.8. The van der Waals surface area contributed by atoms with Crippen LogP contribution in [0, 0.1) is 0 Å². The summed E-state index contributed by atoms with van der Waals surface area (Å²) in [5.74, 6) is 0.214. The monoisotopic (exact) mass is 262 g/mol. The summed E-state index contributed by atoms with van der Waals surface area (Å²) >= 11 is 0. The Morgan fingerprint density at radius 1 is 1.42 bits per heavy atom. The van der Waals surface area contributed by atoms with Gasteiger partial charge in [0, 0.05) is 19.3 Å². The van der Waals surface area contributed by atoms with Gasteiger partial charge in [0.25, 0.3) is 5.56 Å². The number of nitrogens with one attached hydrogen (secondary N) is 1. The Labute approximate surface area is 108 Å². The van der Waals surface area contributed by atoms with E-state index in [-0.39, 0.29) is 11.5 Å². The van der Waals surface area contributed by atoms with E-state index in [1.54, 1.807) is 10.7 Å². The first-order chi connectivity index (χ1) is 9.16. The van der Waals surface area contributed by atoms with Gasteiger partial charge in [-0.25, -0.2) is 9.31 Å². The van der Waals surface area contributed by atoms with Crippen LogP contribution in [0.4, 0.5) is 4.79 Å². The van der Waals surface area contributed by atoms with Crippen molar-refractivity contribution in [3.05, 3.63) is 34.5 Å². The minimum Gasteiger partial charge on any atom is -0.465 e. The van der Waals surface area contributed by atoms with Crippen molar-refractivity contribution in [3.63, 3.8) is 0 Å². The average Bonchev–Trinajstić information content (AvgIpc) is 2.84. The number of piperidine rings is 1. The summed E-state index contributed by atoms with van der Waals surface area (Å²) in [4.78, 5) is 26.7. The molecule has 0 bridgehead atoms. The van der Waals surface area contributed by atoms with Crippen LogP contribution in [0.2, 0.25) is 0 Å². The van der Waals surface area contributed by atoms with Crippen molar-refractivity contribution in [2.75, 3.05) is 13.1 Å². The number of aromatic amines is 1. The molecule has 0 saturated carbocycles. The van der Waals surface area contributed by atoms with E-state index in [2.05, 4.69) is 10.1 Å². The Balaban J connectivity index is 1.90.